The zero-order chi connectivity index (χ0) is 13.3. The van der Waals surface area contributed by atoms with Crippen LogP contribution in [0.2, 0.25) is 0 Å². The third-order valence-electron chi connectivity index (χ3n) is 2.14. The Bertz CT molecular complexity index is 301. The van der Waals surface area contributed by atoms with Crippen molar-refractivity contribution in [1.29, 1.82) is 0 Å². The second-order valence-corrected chi connectivity index (χ2v) is 4.71. The molecule has 0 spiro atoms. The molecule has 0 rings (SSSR count). The average molecular weight is 258 g/mol. The van der Waals surface area contributed by atoms with Crippen LogP contribution in [-0.4, -0.2) is 12.6 Å². The number of nitrogens with one attached hydrogen (secondary N) is 1. The highest BCUT2D eigenvalue weighted by Gasteiger charge is 2.16. The van der Waals surface area contributed by atoms with Crippen LogP contribution < -0.4 is 11.3 Å². The smallest absolute Gasteiger partial charge is 0.344 e. The van der Waals surface area contributed by atoms with Crippen molar-refractivity contribution in [2.24, 2.45) is 5.84 Å². The first-order valence-electron chi connectivity index (χ1n) is 5.77. The number of thioether (sulfide) groups is 1. The van der Waals surface area contributed by atoms with Crippen molar-refractivity contribution in [2.45, 2.75) is 40.0 Å². The van der Waals surface area contributed by atoms with Gasteiger partial charge in [-0.25, -0.2) is 4.79 Å². The number of hydrazine groups is 1. The van der Waals surface area contributed by atoms with Crippen molar-refractivity contribution in [3.8, 4) is 0 Å². The molecule has 0 aliphatic carbocycles. The van der Waals surface area contributed by atoms with Crippen molar-refractivity contribution < 1.29 is 9.53 Å². The molecule has 0 heterocycles. The Morgan fingerprint density at radius 3 is 2.59 bits per heavy atom. The van der Waals surface area contributed by atoms with Gasteiger partial charge in [-0.2, -0.15) is 0 Å². The van der Waals surface area contributed by atoms with Crippen LogP contribution in [0.15, 0.2) is 22.1 Å². The molecule has 0 aromatic carbocycles. The molecule has 5 heteroatoms. The van der Waals surface area contributed by atoms with Crippen LogP contribution in [0.1, 0.15) is 40.0 Å². The maximum atomic E-state index is 11.8. The first-order valence-corrected chi connectivity index (χ1v) is 6.58. The summed E-state index contributed by atoms with van der Waals surface area (Å²) in [6.07, 6.45) is 3.03. The Balaban J connectivity index is 4.81. The van der Waals surface area contributed by atoms with Gasteiger partial charge in [-0.1, -0.05) is 37.3 Å². The Morgan fingerprint density at radius 2 is 2.12 bits per heavy atom. The van der Waals surface area contributed by atoms with Gasteiger partial charge in [0.25, 0.3) is 0 Å². The summed E-state index contributed by atoms with van der Waals surface area (Å²) in [7, 11) is 0. The topological polar surface area (TPSA) is 64.3 Å². The predicted octanol–water partition coefficient (Wildman–Crippen LogP) is 2.68. The van der Waals surface area contributed by atoms with Crippen LogP contribution in [-0.2, 0) is 9.53 Å². The molecule has 0 saturated heterocycles. The molecule has 3 N–H and O–H groups in total. The maximum absolute atomic E-state index is 11.8. The number of carbonyl (C=O) groups excluding carboxylic acids is 1. The lowest BCUT2D eigenvalue weighted by atomic mass is 10.1. The Morgan fingerprint density at radius 1 is 1.47 bits per heavy atom. The number of nitrogens with two attached hydrogens (primary N) is 1. The van der Waals surface area contributed by atoms with E-state index >= 15 is 0 Å². The lowest BCUT2D eigenvalue weighted by molar-refractivity contribution is -0.137. The van der Waals surface area contributed by atoms with Gasteiger partial charge >= 0.3 is 5.97 Å². The van der Waals surface area contributed by atoms with Crippen LogP contribution in [0.5, 0.6) is 0 Å². The average Bonchev–Trinajstić information content (AvgIpc) is 2.32. The SMILES string of the molecule is C=C(NN)S/C(C(=O)OCC)=C(/C)CCCC. The molecule has 0 fully saturated rings. The van der Waals surface area contributed by atoms with E-state index < -0.39 is 0 Å². The zero-order valence-corrected chi connectivity index (χ0v) is 11.7. The normalized spacial score (nSPS) is 11.8. The molecule has 0 radical (unpaired) electrons. The molecule has 0 amide bonds. The highest BCUT2D eigenvalue weighted by molar-refractivity contribution is 8.07. The lowest BCUT2D eigenvalue weighted by Gasteiger charge is -2.11. The van der Waals surface area contributed by atoms with Crippen molar-refractivity contribution in [3.05, 3.63) is 22.1 Å². The zero-order valence-electron chi connectivity index (χ0n) is 10.8. The summed E-state index contributed by atoms with van der Waals surface area (Å²) in [5.41, 5.74) is 3.45. The van der Waals surface area contributed by atoms with Crippen molar-refractivity contribution >= 4 is 17.7 Å². The van der Waals surface area contributed by atoms with E-state index in [0.717, 1.165) is 24.8 Å². The highest BCUT2D eigenvalue weighted by Crippen LogP contribution is 2.28. The number of hydrogen-bond donors (Lipinski definition) is 2. The molecular formula is C12H22N2O2S. The fraction of sp³-hybridized carbons (Fsp3) is 0.583. The summed E-state index contributed by atoms with van der Waals surface area (Å²) in [6, 6.07) is 0. The molecule has 0 atom stereocenters. The van der Waals surface area contributed by atoms with Crippen molar-refractivity contribution in [2.75, 3.05) is 6.61 Å². The molecule has 0 saturated carbocycles. The summed E-state index contributed by atoms with van der Waals surface area (Å²) in [4.78, 5) is 12.4. The second-order valence-electron chi connectivity index (χ2n) is 3.60. The largest absolute Gasteiger partial charge is 0.462 e. The van der Waals surface area contributed by atoms with Gasteiger partial charge in [-0.05, 0) is 26.7 Å². The molecule has 4 nitrogen and oxygen atoms in total. The monoisotopic (exact) mass is 258 g/mol. The van der Waals surface area contributed by atoms with Crippen LogP contribution in [0, 0.1) is 0 Å². The molecule has 0 aromatic rings. The summed E-state index contributed by atoms with van der Waals surface area (Å²) in [5.74, 6) is 4.95. The van der Waals surface area contributed by atoms with Gasteiger partial charge in [0.2, 0.25) is 0 Å². The summed E-state index contributed by atoms with van der Waals surface area (Å²) >= 11 is 1.23. The molecule has 17 heavy (non-hydrogen) atoms. The predicted molar refractivity (Wildman–Crippen MR) is 72.9 cm³/mol. The summed E-state index contributed by atoms with van der Waals surface area (Å²) in [5, 5.41) is 0.531. The van der Waals surface area contributed by atoms with Gasteiger partial charge in [0, 0.05) is 0 Å². The van der Waals surface area contributed by atoms with E-state index in [1.54, 1.807) is 6.92 Å². The molecule has 0 bridgehead atoms. The van der Waals surface area contributed by atoms with E-state index in [1.165, 1.54) is 11.8 Å². The number of esters is 1. The second kappa shape index (κ2) is 9.13. The van der Waals surface area contributed by atoms with Crippen LogP contribution in [0.25, 0.3) is 0 Å². The van der Waals surface area contributed by atoms with Crippen LogP contribution in [0.3, 0.4) is 0 Å². The van der Waals surface area contributed by atoms with Gasteiger partial charge in [-0.15, -0.1) is 0 Å². The van der Waals surface area contributed by atoms with E-state index in [4.69, 9.17) is 10.6 Å². The molecule has 0 aliphatic heterocycles. The summed E-state index contributed by atoms with van der Waals surface area (Å²) < 4.78 is 5.02. The number of allylic oxidation sites excluding steroid dienone is 1. The van der Waals surface area contributed by atoms with Crippen LogP contribution in [0.4, 0.5) is 0 Å². The van der Waals surface area contributed by atoms with Gasteiger partial charge in [0.05, 0.1) is 16.5 Å². The van der Waals surface area contributed by atoms with Crippen LogP contribution >= 0.6 is 11.8 Å². The van der Waals surface area contributed by atoms with E-state index in [0.29, 0.717) is 16.5 Å². The quantitative estimate of drug-likeness (QED) is 0.303. The molecule has 0 aliphatic rings. The maximum Gasteiger partial charge on any atom is 0.344 e. The fourth-order valence-electron chi connectivity index (χ4n) is 1.21. The molecule has 0 aromatic heterocycles. The van der Waals surface area contributed by atoms with E-state index in [1.807, 2.05) is 6.92 Å². The van der Waals surface area contributed by atoms with Gasteiger partial charge in [-0.3, -0.25) is 5.84 Å². The third kappa shape index (κ3) is 6.38. The van der Waals surface area contributed by atoms with Crippen molar-refractivity contribution in [3.63, 3.8) is 0 Å². The number of hydrogen-bond acceptors (Lipinski definition) is 5. The Kier molecular flexibility index (Phi) is 8.62. The minimum Gasteiger partial charge on any atom is -0.462 e. The summed E-state index contributed by atoms with van der Waals surface area (Å²) in [6.45, 7) is 9.92. The number of carbonyl (C=O) groups is 1. The van der Waals surface area contributed by atoms with E-state index in [2.05, 4.69) is 18.9 Å². The minimum atomic E-state index is -0.303. The molecular weight excluding hydrogens is 236 g/mol. The van der Waals surface area contributed by atoms with Gasteiger partial charge < -0.3 is 10.2 Å². The lowest BCUT2D eigenvalue weighted by Crippen LogP contribution is -2.19. The fourth-order valence-corrected chi connectivity index (χ4v) is 1.93. The molecule has 0 unspecified atom stereocenters. The van der Waals surface area contributed by atoms with Crippen molar-refractivity contribution in [1.82, 2.24) is 5.43 Å². The first-order chi connectivity index (χ1) is 8.06. The third-order valence-corrected chi connectivity index (χ3v) is 3.22. The number of ether oxygens (including phenoxy) is 1. The Hall–Kier alpha value is -0.940. The first kappa shape index (κ1) is 16.1. The minimum absolute atomic E-state index is 0.303. The standard InChI is InChI=1S/C12H22N2O2S/c1-5-7-8-9(3)11(12(15)16-6-2)17-10(4)14-13/h14H,4-8,13H2,1-3H3/b11-9-. The van der Waals surface area contributed by atoms with E-state index in [-0.39, 0.29) is 5.97 Å². The number of unbranched alkanes of at least 4 members (excludes halogenated alkanes) is 1. The molecule has 98 valence electrons. The highest BCUT2D eigenvalue weighted by atomic mass is 32.2. The van der Waals surface area contributed by atoms with Gasteiger partial charge in [0.1, 0.15) is 0 Å². The van der Waals surface area contributed by atoms with Gasteiger partial charge in [0.15, 0.2) is 0 Å². The Labute approximate surface area is 108 Å². The van der Waals surface area contributed by atoms with E-state index in [9.17, 15) is 4.79 Å². The number of rotatable bonds is 8.